The summed E-state index contributed by atoms with van der Waals surface area (Å²) in [5.74, 6) is -0.290. The van der Waals surface area contributed by atoms with E-state index in [0.29, 0.717) is 59.4 Å². The van der Waals surface area contributed by atoms with Crippen LogP contribution in [0.15, 0.2) is 47.4 Å². The Balaban J connectivity index is 1.48. The van der Waals surface area contributed by atoms with Crippen LogP contribution in [0.25, 0.3) is 16.6 Å². The van der Waals surface area contributed by atoms with Crippen LogP contribution in [0.5, 0.6) is 0 Å². The van der Waals surface area contributed by atoms with Crippen LogP contribution < -0.4 is 10.9 Å². The molecule has 3 aromatic heterocycles. The van der Waals surface area contributed by atoms with Crippen molar-refractivity contribution >= 4 is 34.2 Å². The molecule has 1 aromatic carbocycles. The molecule has 0 aliphatic carbocycles. The highest BCUT2D eigenvalue weighted by atomic mass is 16.6. The summed E-state index contributed by atoms with van der Waals surface area (Å²) in [4.78, 5) is 47.3. The number of carbonyl (C=O) groups excluding carboxylic acids is 2. The summed E-state index contributed by atoms with van der Waals surface area (Å²) in [6, 6.07) is 10.4. The van der Waals surface area contributed by atoms with Crippen molar-refractivity contribution in [1.29, 1.82) is 0 Å². The third-order valence-corrected chi connectivity index (χ3v) is 6.53. The number of rotatable bonds is 3. The lowest BCUT2D eigenvalue weighted by Crippen LogP contribution is -2.41. The molecule has 1 aliphatic heterocycles. The Morgan fingerprint density at radius 1 is 1.14 bits per heavy atom. The van der Waals surface area contributed by atoms with Crippen LogP contribution in [-0.2, 0) is 4.74 Å². The normalized spacial score (nSPS) is 14.8. The van der Waals surface area contributed by atoms with Crippen molar-refractivity contribution in [2.24, 2.45) is 0 Å². The van der Waals surface area contributed by atoms with Crippen LogP contribution in [0.3, 0.4) is 0 Å². The Morgan fingerprint density at radius 2 is 1.89 bits per heavy atom. The number of hydrogen-bond donors (Lipinski definition) is 2. The predicted octanol–water partition coefficient (Wildman–Crippen LogP) is 4.25. The number of anilines is 1. The zero-order valence-corrected chi connectivity index (χ0v) is 21.4. The third kappa shape index (κ3) is 4.91. The number of hydrogen-bond acceptors (Lipinski definition) is 6. The molecule has 0 spiro atoms. The first-order chi connectivity index (χ1) is 17.6. The molecule has 4 heterocycles. The van der Waals surface area contributed by atoms with E-state index in [4.69, 9.17) is 9.84 Å². The maximum atomic E-state index is 13.3. The van der Waals surface area contributed by atoms with Crippen LogP contribution in [0, 0.1) is 6.92 Å². The topological polar surface area (TPSA) is 122 Å². The van der Waals surface area contributed by atoms with Crippen LogP contribution in [0.1, 0.15) is 61.3 Å². The number of pyridine rings is 1. The van der Waals surface area contributed by atoms with Gasteiger partial charge < -0.3 is 19.9 Å². The third-order valence-electron chi connectivity index (χ3n) is 6.53. The number of fused-ring (bicyclic) bond motifs is 3. The Labute approximate surface area is 213 Å². The number of likely N-dealkylation sites (tertiary alicyclic amines) is 1. The summed E-state index contributed by atoms with van der Waals surface area (Å²) in [5, 5.41) is 8.24. The number of nitrogens with one attached hydrogen (secondary N) is 2. The second-order valence-corrected chi connectivity index (χ2v) is 10.4. The molecule has 0 unspecified atom stereocenters. The number of aromatic amines is 1. The van der Waals surface area contributed by atoms with E-state index in [0.717, 1.165) is 5.69 Å². The molecule has 37 heavy (non-hydrogen) atoms. The van der Waals surface area contributed by atoms with Gasteiger partial charge in [0, 0.05) is 31.3 Å². The number of aromatic nitrogens is 4. The smallest absolute Gasteiger partial charge is 0.410 e. The molecule has 192 valence electrons. The molecular formula is C27H30N6O4. The van der Waals surface area contributed by atoms with Crippen molar-refractivity contribution in [3.8, 4) is 0 Å². The summed E-state index contributed by atoms with van der Waals surface area (Å²) in [7, 11) is 0. The molecular weight excluding hydrogens is 472 g/mol. The number of amides is 2. The molecule has 10 nitrogen and oxygen atoms in total. The highest BCUT2D eigenvalue weighted by Gasteiger charge is 2.29. The maximum Gasteiger partial charge on any atom is 0.410 e. The van der Waals surface area contributed by atoms with E-state index in [1.807, 2.05) is 33.8 Å². The molecule has 2 amide bonds. The second kappa shape index (κ2) is 9.34. The molecule has 5 rings (SSSR count). The fourth-order valence-corrected chi connectivity index (χ4v) is 4.76. The van der Waals surface area contributed by atoms with E-state index < -0.39 is 5.60 Å². The predicted molar refractivity (Wildman–Crippen MR) is 140 cm³/mol. The van der Waals surface area contributed by atoms with Gasteiger partial charge >= 0.3 is 6.09 Å². The minimum Gasteiger partial charge on any atom is -0.444 e. The van der Waals surface area contributed by atoms with Gasteiger partial charge in [-0.05, 0) is 64.8 Å². The minimum absolute atomic E-state index is 0.0214. The summed E-state index contributed by atoms with van der Waals surface area (Å²) in [6.07, 6.45) is 2.68. The lowest BCUT2D eigenvalue weighted by atomic mass is 9.93. The number of H-pyrrole nitrogens is 1. The average molecular weight is 503 g/mol. The summed E-state index contributed by atoms with van der Waals surface area (Å²) in [6.45, 7) is 8.40. The number of aryl methyl sites for hydroxylation is 1. The van der Waals surface area contributed by atoms with E-state index in [1.54, 1.807) is 45.9 Å². The standard InChI is InChI=1S/C27H30N6O4/c1-16-19(9-6-12-28-16)29-25(35)18-7-5-8-20-23(18)24-30-22(34)15-21(33(24)31-20)17-10-13-32(14-11-17)26(36)37-27(2,3)4/h5-9,12,15,17H,10-11,13-14H2,1-4H3,(H,29,35)(H,30,34). The van der Waals surface area contributed by atoms with Gasteiger partial charge in [0.1, 0.15) is 11.2 Å². The first-order valence-electron chi connectivity index (χ1n) is 12.4. The second-order valence-electron chi connectivity index (χ2n) is 10.4. The van der Waals surface area contributed by atoms with Gasteiger partial charge in [0.15, 0.2) is 0 Å². The number of carbonyl (C=O) groups is 2. The zero-order chi connectivity index (χ0) is 26.3. The minimum atomic E-state index is -0.554. The Kier molecular flexibility index (Phi) is 6.18. The van der Waals surface area contributed by atoms with Crippen LogP contribution in [0.4, 0.5) is 10.5 Å². The van der Waals surface area contributed by atoms with Gasteiger partial charge in [-0.3, -0.25) is 14.6 Å². The first-order valence-corrected chi connectivity index (χ1v) is 12.4. The van der Waals surface area contributed by atoms with Crippen molar-refractivity contribution in [3.63, 3.8) is 0 Å². The largest absolute Gasteiger partial charge is 0.444 e. The van der Waals surface area contributed by atoms with E-state index in [-0.39, 0.29) is 23.5 Å². The Bertz CT molecular complexity index is 1560. The summed E-state index contributed by atoms with van der Waals surface area (Å²) < 4.78 is 7.23. The van der Waals surface area contributed by atoms with Crippen molar-refractivity contribution in [2.45, 2.75) is 52.1 Å². The van der Waals surface area contributed by atoms with Gasteiger partial charge in [-0.25, -0.2) is 9.31 Å². The van der Waals surface area contributed by atoms with Gasteiger partial charge in [-0.15, -0.1) is 0 Å². The molecule has 0 atom stereocenters. The van der Waals surface area contributed by atoms with E-state index in [9.17, 15) is 14.4 Å². The molecule has 1 aliphatic rings. The van der Waals surface area contributed by atoms with Gasteiger partial charge in [-0.2, -0.15) is 5.10 Å². The molecule has 2 N–H and O–H groups in total. The lowest BCUT2D eigenvalue weighted by molar-refractivity contribution is 0.0203. The van der Waals surface area contributed by atoms with E-state index >= 15 is 0 Å². The van der Waals surface area contributed by atoms with Gasteiger partial charge in [0.05, 0.1) is 33.5 Å². The number of nitrogens with zero attached hydrogens (tertiary/aromatic N) is 4. The summed E-state index contributed by atoms with van der Waals surface area (Å²) in [5.41, 5.74) is 2.74. The number of piperidine rings is 1. The average Bonchev–Trinajstić information content (AvgIpc) is 3.22. The SMILES string of the molecule is Cc1ncccc1NC(=O)c1cccc2nn3c(C4CCN(C(=O)OC(C)(C)C)CC4)cc(=O)[nH]c3c12. The lowest BCUT2D eigenvalue weighted by Gasteiger charge is -2.33. The first kappa shape index (κ1) is 24.5. The monoisotopic (exact) mass is 502 g/mol. The zero-order valence-electron chi connectivity index (χ0n) is 21.4. The van der Waals surface area contributed by atoms with Gasteiger partial charge in [0.2, 0.25) is 0 Å². The van der Waals surface area contributed by atoms with Crippen molar-refractivity contribution in [3.05, 3.63) is 69.9 Å². The molecule has 0 saturated carbocycles. The van der Waals surface area contributed by atoms with Crippen LogP contribution in [0.2, 0.25) is 0 Å². The maximum absolute atomic E-state index is 13.3. The van der Waals surface area contributed by atoms with E-state index in [2.05, 4.69) is 15.3 Å². The molecule has 0 radical (unpaired) electrons. The van der Waals surface area contributed by atoms with Crippen LogP contribution in [-0.4, -0.2) is 55.2 Å². The molecule has 1 saturated heterocycles. The molecule has 10 heteroatoms. The highest BCUT2D eigenvalue weighted by molar-refractivity contribution is 6.16. The molecule has 4 aromatic rings. The van der Waals surface area contributed by atoms with Gasteiger partial charge in [-0.1, -0.05) is 6.07 Å². The van der Waals surface area contributed by atoms with Crippen molar-refractivity contribution < 1.29 is 14.3 Å². The molecule has 0 bridgehead atoms. The summed E-state index contributed by atoms with van der Waals surface area (Å²) >= 11 is 0. The number of ether oxygens (including phenoxy) is 1. The highest BCUT2D eigenvalue weighted by Crippen LogP contribution is 2.31. The Hall–Kier alpha value is -4.21. The fourth-order valence-electron chi connectivity index (χ4n) is 4.76. The van der Waals surface area contributed by atoms with Crippen molar-refractivity contribution in [1.82, 2.24) is 24.5 Å². The fraction of sp³-hybridized carbons (Fsp3) is 0.370. The van der Waals surface area contributed by atoms with Gasteiger partial charge in [0.25, 0.3) is 11.5 Å². The molecule has 1 fully saturated rings. The van der Waals surface area contributed by atoms with Crippen molar-refractivity contribution in [2.75, 3.05) is 18.4 Å². The van der Waals surface area contributed by atoms with E-state index in [1.165, 1.54) is 0 Å². The number of benzene rings is 1. The quantitative estimate of drug-likeness (QED) is 0.432. The van der Waals surface area contributed by atoms with Crippen LogP contribution >= 0.6 is 0 Å². The Morgan fingerprint density at radius 3 is 2.59 bits per heavy atom.